The van der Waals surface area contributed by atoms with Gasteiger partial charge in [-0.3, -0.25) is 4.79 Å². The van der Waals surface area contributed by atoms with Crippen molar-refractivity contribution in [2.24, 2.45) is 5.10 Å². The normalized spacial score (nSPS) is 11.4. The molecule has 1 amide bonds. The summed E-state index contributed by atoms with van der Waals surface area (Å²) >= 11 is 0. The third-order valence-corrected chi connectivity index (χ3v) is 2.52. The van der Waals surface area contributed by atoms with Gasteiger partial charge < -0.3 is 9.52 Å². The molecule has 0 aliphatic heterocycles. The van der Waals surface area contributed by atoms with Crippen LogP contribution >= 0.6 is 0 Å². The number of hydrogen-bond acceptors (Lipinski definition) is 5. The van der Waals surface area contributed by atoms with Gasteiger partial charge >= 0.3 is 5.63 Å². The summed E-state index contributed by atoms with van der Waals surface area (Å²) in [6.07, 6.45) is 2.07. The molecule has 0 spiro atoms. The Morgan fingerprint density at radius 2 is 2.21 bits per heavy atom. The van der Waals surface area contributed by atoms with Crippen LogP contribution in [-0.4, -0.2) is 16.7 Å². The molecule has 0 unspecified atom stereocenters. The van der Waals surface area contributed by atoms with Crippen LogP contribution in [0.25, 0.3) is 0 Å². The Hall–Kier alpha value is -2.11. The number of nitrogens with zero attached hydrogens (tertiary/aromatic N) is 1. The second-order valence-corrected chi connectivity index (χ2v) is 4.24. The molecule has 0 fully saturated rings. The molecule has 6 heteroatoms. The summed E-state index contributed by atoms with van der Waals surface area (Å²) < 4.78 is 4.87. The summed E-state index contributed by atoms with van der Waals surface area (Å²) in [5.74, 6) is -0.124. The van der Waals surface area contributed by atoms with Crippen LogP contribution in [0.4, 0.5) is 0 Å². The highest BCUT2D eigenvalue weighted by Gasteiger charge is 2.13. The van der Waals surface area contributed by atoms with Crippen LogP contribution in [0.15, 0.2) is 20.4 Å². The van der Waals surface area contributed by atoms with Crippen molar-refractivity contribution in [3.8, 4) is 5.75 Å². The SMILES string of the molecule is CCCCC(=O)NN=C(C)c1c(O)cc(C)oc1=O. The van der Waals surface area contributed by atoms with Crippen LogP contribution in [0.3, 0.4) is 0 Å². The Balaban J connectivity index is 2.86. The number of rotatable bonds is 5. The van der Waals surface area contributed by atoms with Gasteiger partial charge in [-0.1, -0.05) is 13.3 Å². The van der Waals surface area contributed by atoms with E-state index in [4.69, 9.17) is 4.42 Å². The molecule has 19 heavy (non-hydrogen) atoms. The number of amides is 1. The third kappa shape index (κ3) is 4.24. The second kappa shape index (κ2) is 6.72. The minimum absolute atomic E-state index is 0.0404. The molecular weight excluding hydrogens is 248 g/mol. The Bertz CT molecular complexity index is 546. The van der Waals surface area contributed by atoms with Crippen molar-refractivity contribution in [1.82, 2.24) is 5.43 Å². The summed E-state index contributed by atoms with van der Waals surface area (Å²) in [7, 11) is 0. The van der Waals surface area contributed by atoms with E-state index in [1.165, 1.54) is 13.0 Å². The highest BCUT2D eigenvalue weighted by atomic mass is 16.4. The van der Waals surface area contributed by atoms with Crippen molar-refractivity contribution in [2.45, 2.75) is 40.0 Å². The molecule has 1 heterocycles. The molecule has 1 rings (SSSR count). The first-order valence-electron chi connectivity index (χ1n) is 6.13. The minimum atomic E-state index is -0.679. The largest absolute Gasteiger partial charge is 0.507 e. The fourth-order valence-electron chi connectivity index (χ4n) is 1.52. The Morgan fingerprint density at radius 3 is 2.79 bits per heavy atom. The van der Waals surface area contributed by atoms with Crippen molar-refractivity contribution in [2.75, 3.05) is 0 Å². The molecule has 2 N–H and O–H groups in total. The van der Waals surface area contributed by atoms with Gasteiger partial charge in [0.25, 0.3) is 0 Å². The summed E-state index contributed by atoms with van der Waals surface area (Å²) in [5.41, 5.74) is 1.83. The van der Waals surface area contributed by atoms with Crippen LogP contribution in [0.2, 0.25) is 0 Å². The zero-order valence-corrected chi connectivity index (χ0v) is 11.3. The van der Waals surface area contributed by atoms with Gasteiger partial charge in [-0.15, -0.1) is 0 Å². The highest BCUT2D eigenvalue weighted by Crippen LogP contribution is 2.15. The van der Waals surface area contributed by atoms with E-state index in [-0.39, 0.29) is 22.9 Å². The predicted octanol–water partition coefficient (Wildman–Crippen LogP) is 1.68. The second-order valence-electron chi connectivity index (χ2n) is 4.24. The Labute approximate surface area is 111 Å². The first-order chi connectivity index (χ1) is 8.95. The molecule has 6 nitrogen and oxygen atoms in total. The van der Waals surface area contributed by atoms with Crippen LogP contribution in [-0.2, 0) is 4.79 Å². The number of carbonyl (C=O) groups is 1. The zero-order valence-electron chi connectivity index (χ0n) is 11.3. The topological polar surface area (TPSA) is 91.9 Å². The molecule has 1 aromatic heterocycles. The summed E-state index contributed by atoms with van der Waals surface area (Å²) in [6, 6.07) is 1.33. The first kappa shape index (κ1) is 14.9. The van der Waals surface area contributed by atoms with E-state index in [0.29, 0.717) is 12.2 Å². The predicted molar refractivity (Wildman–Crippen MR) is 71.3 cm³/mol. The number of aromatic hydroxyl groups is 1. The maximum atomic E-state index is 11.6. The van der Waals surface area contributed by atoms with Gasteiger partial charge in [0, 0.05) is 12.5 Å². The zero-order chi connectivity index (χ0) is 14.4. The lowest BCUT2D eigenvalue weighted by Gasteiger charge is -2.04. The highest BCUT2D eigenvalue weighted by molar-refractivity contribution is 6.01. The number of nitrogens with one attached hydrogen (secondary N) is 1. The molecule has 104 valence electrons. The maximum absolute atomic E-state index is 11.6. The van der Waals surface area contributed by atoms with Crippen molar-refractivity contribution in [3.63, 3.8) is 0 Å². The lowest BCUT2D eigenvalue weighted by atomic mass is 10.2. The van der Waals surface area contributed by atoms with Gasteiger partial charge in [-0.05, 0) is 20.3 Å². The quantitative estimate of drug-likeness (QED) is 0.626. The van der Waals surface area contributed by atoms with Crippen molar-refractivity contribution < 1.29 is 14.3 Å². The van der Waals surface area contributed by atoms with E-state index in [0.717, 1.165) is 12.8 Å². The molecule has 0 atom stereocenters. The van der Waals surface area contributed by atoms with E-state index < -0.39 is 5.63 Å². The van der Waals surface area contributed by atoms with Gasteiger partial charge in [-0.2, -0.15) is 5.10 Å². The first-order valence-corrected chi connectivity index (χ1v) is 6.13. The molecule has 0 bridgehead atoms. The Morgan fingerprint density at radius 1 is 1.53 bits per heavy atom. The number of hydrogen-bond donors (Lipinski definition) is 2. The van der Waals surface area contributed by atoms with Crippen LogP contribution in [0, 0.1) is 6.92 Å². The standard InChI is InChI=1S/C13H18N2O4/c1-4-5-6-11(17)15-14-9(3)12-10(16)7-8(2)19-13(12)18/h7,16H,4-6H2,1-3H3,(H,15,17). The molecular formula is C13H18N2O4. The fourth-order valence-corrected chi connectivity index (χ4v) is 1.52. The van der Waals surface area contributed by atoms with Gasteiger partial charge in [0.05, 0.1) is 5.71 Å². The molecule has 0 radical (unpaired) electrons. The number of carbonyl (C=O) groups excluding carboxylic acids is 1. The summed E-state index contributed by atoms with van der Waals surface area (Å²) in [4.78, 5) is 23.0. The number of hydrazone groups is 1. The summed E-state index contributed by atoms with van der Waals surface area (Å²) in [6.45, 7) is 5.06. The van der Waals surface area contributed by atoms with Gasteiger partial charge in [0.2, 0.25) is 5.91 Å². The average molecular weight is 266 g/mol. The van der Waals surface area contributed by atoms with E-state index in [1.54, 1.807) is 6.92 Å². The molecule has 0 aromatic carbocycles. The monoisotopic (exact) mass is 266 g/mol. The fraction of sp³-hybridized carbons (Fsp3) is 0.462. The smallest absolute Gasteiger partial charge is 0.348 e. The molecule has 1 aromatic rings. The van der Waals surface area contributed by atoms with Crippen LogP contribution in [0.5, 0.6) is 5.75 Å². The van der Waals surface area contributed by atoms with E-state index in [9.17, 15) is 14.7 Å². The van der Waals surface area contributed by atoms with Gasteiger partial charge in [0.1, 0.15) is 17.1 Å². The molecule has 0 aliphatic carbocycles. The van der Waals surface area contributed by atoms with E-state index >= 15 is 0 Å². The van der Waals surface area contributed by atoms with Crippen LogP contribution < -0.4 is 11.1 Å². The van der Waals surface area contributed by atoms with E-state index in [1.807, 2.05) is 6.92 Å². The molecule has 0 saturated carbocycles. The summed E-state index contributed by atoms with van der Waals surface area (Å²) in [5, 5.41) is 13.5. The number of aryl methyl sites for hydroxylation is 1. The van der Waals surface area contributed by atoms with E-state index in [2.05, 4.69) is 10.5 Å². The third-order valence-electron chi connectivity index (χ3n) is 2.52. The lowest BCUT2D eigenvalue weighted by molar-refractivity contribution is -0.121. The van der Waals surface area contributed by atoms with Crippen molar-refractivity contribution in [1.29, 1.82) is 0 Å². The minimum Gasteiger partial charge on any atom is -0.507 e. The van der Waals surface area contributed by atoms with Crippen molar-refractivity contribution >= 4 is 11.6 Å². The van der Waals surface area contributed by atoms with Gasteiger partial charge in [0.15, 0.2) is 0 Å². The molecule has 0 saturated heterocycles. The van der Waals surface area contributed by atoms with Gasteiger partial charge in [-0.25, -0.2) is 10.2 Å². The van der Waals surface area contributed by atoms with Crippen LogP contribution in [0.1, 0.15) is 44.4 Å². The average Bonchev–Trinajstić information content (AvgIpc) is 2.32. The number of unbranched alkanes of at least 4 members (excludes halogenated alkanes) is 1. The Kier molecular flexibility index (Phi) is 5.29. The maximum Gasteiger partial charge on any atom is 0.348 e. The van der Waals surface area contributed by atoms with Crippen molar-refractivity contribution in [3.05, 3.63) is 27.8 Å². The lowest BCUT2D eigenvalue weighted by Crippen LogP contribution is -2.21. The molecule has 0 aliphatic rings.